The molecule has 1 fully saturated rings. The van der Waals surface area contributed by atoms with E-state index in [1.165, 1.54) is 4.57 Å². The summed E-state index contributed by atoms with van der Waals surface area (Å²) in [6, 6.07) is 0.467. The van der Waals surface area contributed by atoms with Crippen molar-refractivity contribution in [2.24, 2.45) is 0 Å². The highest BCUT2D eigenvalue weighted by Gasteiger charge is 2.32. The highest BCUT2D eigenvalue weighted by molar-refractivity contribution is 5.94. The van der Waals surface area contributed by atoms with Gasteiger partial charge in [-0.3, -0.25) is 14.9 Å². The molecule has 1 heterocycles. The minimum Gasteiger partial charge on any atom is -0.462 e. The summed E-state index contributed by atoms with van der Waals surface area (Å²) in [6.45, 7) is 1.58. The van der Waals surface area contributed by atoms with Gasteiger partial charge in [0.15, 0.2) is 5.82 Å². The van der Waals surface area contributed by atoms with Gasteiger partial charge in [0.05, 0.1) is 22.4 Å². The standard InChI is InChI=1S/C15H12F2N2O5/c1-2-24-15(21)9-6-18(7-3-4-7)13-8(14(9)20)5-10(19(22)23)11(16)12(13)17/h5-7H,2-4H2,1H3. The van der Waals surface area contributed by atoms with Gasteiger partial charge < -0.3 is 9.30 Å². The maximum atomic E-state index is 14.4. The zero-order chi connectivity index (χ0) is 17.6. The molecule has 9 heteroatoms. The monoisotopic (exact) mass is 338 g/mol. The molecule has 0 amide bonds. The molecule has 2 aromatic rings. The van der Waals surface area contributed by atoms with E-state index in [-0.39, 0.29) is 23.7 Å². The molecular formula is C15H12F2N2O5. The van der Waals surface area contributed by atoms with Crippen molar-refractivity contribution >= 4 is 22.6 Å². The summed E-state index contributed by atoms with van der Waals surface area (Å²) in [4.78, 5) is 34.2. The highest BCUT2D eigenvalue weighted by atomic mass is 19.2. The Morgan fingerprint density at radius 1 is 1.42 bits per heavy atom. The topological polar surface area (TPSA) is 91.4 Å². The van der Waals surface area contributed by atoms with Crippen LogP contribution in [0, 0.1) is 21.7 Å². The number of benzene rings is 1. The number of esters is 1. The number of carbonyl (C=O) groups excluding carboxylic acids is 1. The molecule has 1 aliphatic rings. The molecule has 7 nitrogen and oxygen atoms in total. The van der Waals surface area contributed by atoms with Crippen molar-refractivity contribution in [1.82, 2.24) is 4.57 Å². The predicted molar refractivity (Wildman–Crippen MR) is 79.0 cm³/mol. The molecule has 0 atom stereocenters. The summed E-state index contributed by atoms with van der Waals surface area (Å²) in [7, 11) is 0. The predicted octanol–water partition coefficient (Wildman–Crippen LogP) is 2.70. The van der Waals surface area contributed by atoms with Crippen LogP contribution < -0.4 is 5.43 Å². The van der Waals surface area contributed by atoms with E-state index >= 15 is 0 Å². The van der Waals surface area contributed by atoms with E-state index in [0.717, 1.165) is 6.20 Å². The van der Waals surface area contributed by atoms with Gasteiger partial charge in [-0.15, -0.1) is 0 Å². The zero-order valence-corrected chi connectivity index (χ0v) is 12.5. The lowest BCUT2D eigenvalue weighted by atomic mass is 10.1. The molecule has 3 rings (SSSR count). The molecule has 0 aliphatic heterocycles. The van der Waals surface area contributed by atoms with Crippen molar-refractivity contribution in [2.45, 2.75) is 25.8 Å². The number of halogens is 2. The van der Waals surface area contributed by atoms with Gasteiger partial charge in [0.1, 0.15) is 5.56 Å². The summed E-state index contributed by atoms with van der Waals surface area (Å²) in [6.07, 6.45) is 2.46. The van der Waals surface area contributed by atoms with Gasteiger partial charge in [-0.1, -0.05) is 0 Å². The van der Waals surface area contributed by atoms with E-state index in [1.54, 1.807) is 6.92 Å². The average Bonchev–Trinajstić information content (AvgIpc) is 3.35. The molecule has 1 saturated carbocycles. The van der Waals surface area contributed by atoms with Crippen LogP contribution in [0.3, 0.4) is 0 Å². The summed E-state index contributed by atoms with van der Waals surface area (Å²) >= 11 is 0. The summed E-state index contributed by atoms with van der Waals surface area (Å²) < 4.78 is 34.4. The van der Waals surface area contributed by atoms with Crippen LogP contribution in [0.5, 0.6) is 0 Å². The minimum atomic E-state index is -1.63. The van der Waals surface area contributed by atoms with Crippen molar-refractivity contribution < 1.29 is 23.2 Å². The quantitative estimate of drug-likeness (QED) is 0.485. The Morgan fingerprint density at radius 2 is 2.08 bits per heavy atom. The van der Waals surface area contributed by atoms with Gasteiger partial charge in [0.25, 0.3) is 0 Å². The van der Waals surface area contributed by atoms with Crippen LogP contribution in [0.15, 0.2) is 17.1 Å². The van der Waals surface area contributed by atoms with Crippen molar-refractivity contribution in [3.63, 3.8) is 0 Å². The normalized spacial score (nSPS) is 14.0. The zero-order valence-electron chi connectivity index (χ0n) is 12.5. The maximum Gasteiger partial charge on any atom is 0.343 e. The fraction of sp³-hybridized carbons (Fsp3) is 0.333. The van der Waals surface area contributed by atoms with Crippen molar-refractivity contribution in [1.29, 1.82) is 0 Å². The number of hydrogen-bond acceptors (Lipinski definition) is 5. The fourth-order valence-corrected chi connectivity index (χ4v) is 2.56. The number of carbonyl (C=O) groups is 1. The van der Waals surface area contributed by atoms with E-state index in [1.807, 2.05) is 0 Å². The number of hydrogen-bond donors (Lipinski definition) is 0. The number of nitro benzene ring substituents is 1. The number of aromatic nitrogens is 1. The van der Waals surface area contributed by atoms with Crippen LogP contribution in [0.4, 0.5) is 14.5 Å². The second kappa shape index (κ2) is 5.66. The first-order valence-electron chi connectivity index (χ1n) is 7.25. The van der Waals surface area contributed by atoms with Gasteiger partial charge in [-0.2, -0.15) is 4.39 Å². The molecular weight excluding hydrogens is 326 g/mol. The highest BCUT2D eigenvalue weighted by Crippen LogP contribution is 2.38. The third kappa shape index (κ3) is 2.41. The lowest BCUT2D eigenvalue weighted by Crippen LogP contribution is -2.22. The van der Waals surface area contributed by atoms with Crippen molar-refractivity contribution in [2.75, 3.05) is 6.61 Å². The van der Waals surface area contributed by atoms with E-state index in [4.69, 9.17) is 4.74 Å². The SMILES string of the molecule is CCOC(=O)c1cn(C2CC2)c2c(F)c(F)c([N+](=O)[O-])cc2c1=O. The van der Waals surface area contributed by atoms with Crippen LogP contribution in [0.25, 0.3) is 10.9 Å². The van der Waals surface area contributed by atoms with E-state index in [2.05, 4.69) is 0 Å². The number of nitro groups is 1. The second-order valence-corrected chi connectivity index (χ2v) is 5.41. The summed E-state index contributed by atoms with van der Waals surface area (Å²) in [5.41, 5.74) is -2.82. The fourth-order valence-electron chi connectivity index (χ4n) is 2.56. The molecule has 1 aromatic carbocycles. The number of nitrogens with zero attached hydrogens (tertiary/aromatic N) is 2. The van der Waals surface area contributed by atoms with E-state index in [0.29, 0.717) is 18.9 Å². The van der Waals surface area contributed by atoms with Gasteiger partial charge in [-0.25, -0.2) is 9.18 Å². The first-order valence-corrected chi connectivity index (χ1v) is 7.25. The van der Waals surface area contributed by atoms with Gasteiger partial charge in [0.2, 0.25) is 11.2 Å². The second-order valence-electron chi connectivity index (χ2n) is 5.41. The molecule has 0 radical (unpaired) electrons. The number of rotatable bonds is 4. The molecule has 0 spiro atoms. The van der Waals surface area contributed by atoms with Crippen LogP contribution >= 0.6 is 0 Å². The molecule has 0 bridgehead atoms. The largest absolute Gasteiger partial charge is 0.462 e. The third-order valence-electron chi connectivity index (χ3n) is 3.81. The van der Waals surface area contributed by atoms with Crippen LogP contribution in [0.2, 0.25) is 0 Å². The number of pyridine rings is 1. The molecule has 24 heavy (non-hydrogen) atoms. The molecule has 1 aromatic heterocycles. The molecule has 126 valence electrons. The number of ether oxygens (including phenoxy) is 1. The van der Waals surface area contributed by atoms with Gasteiger partial charge >= 0.3 is 11.7 Å². The van der Waals surface area contributed by atoms with Gasteiger partial charge in [0, 0.05) is 18.3 Å². The summed E-state index contributed by atoms with van der Waals surface area (Å²) in [5.74, 6) is -4.02. The minimum absolute atomic E-state index is 0.0255. The molecule has 0 unspecified atom stereocenters. The lowest BCUT2D eigenvalue weighted by molar-refractivity contribution is -0.387. The Hall–Kier alpha value is -2.84. The van der Waals surface area contributed by atoms with E-state index in [9.17, 15) is 28.5 Å². The van der Waals surface area contributed by atoms with Crippen molar-refractivity contribution in [3.8, 4) is 0 Å². The first kappa shape index (κ1) is 16.0. The first-order chi connectivity index (χ1) is 11.4. The van der Waals surface area contributed by atoms with Crippen LogP contribution in [-0.2, 0) is 4.74 Å². The van der Waals surface area contributed by atoms with E-state index < -0.39 is 39.0 Å². The smallest absolute Gasteiger partial charge is 0.343 e. The molecule has 1 aliphatic carbocycles. The Kier molecular flexibility index (Phi) is 3.78. The average molecular weight is 338 g/mol. The van der Waals surface area contributed by atoms with Crippen molar-refractivity contribution in [3.05, 3.63) is 49.8 Å². The Bertz CT molecular complexity index is 934. The van der Waals surface area contributed by atoms with Crippen LogP contribution in [0.1, 0.15) is 36.2 Å². The molecule has 0 saturated heterocycles. The Labute approximate surface area is 133 Å². The third-order valence-corrected chi connectivity index (χ3v) is 3.81. The Balaban J connectivity index is 2.41. The maximum absolute atomic E-state index is 14.4. The summed E-state index contributed by atoms with van der Waals surface area (Å²) in [5, 5.41) is 10.5. The number of fused-ring (bicyclic) bond motifs is 1. The lowest BCUT2D eigenvalue weighted by Gasteiger charge is -2.13. The van der Waals surface area contributed by atoms with Crippen LogP contribution in [-0.4, -0.2) is 22.1 Å². The van der Waals surface area contributed by atoms with Gasteiger partial charge in [-0.05, 0) is 19.8 Å². The Morgan fingerprint density at radius 3 is 2.62 bits per heavy atom. The molecule has 0 N–H and O–H groups in total.